The number of aliphatic imine (C=N–C) groups is 2. The lowest BCUT2D eigenvalue weighted by Crippen LogP contribution is -2.64. The van der Waals surface area contributed by atoms with Crippen LogP contribution >= 0.6 is 12.6 Å². The van der Waals surface area contributed by atoms with Crippen LogP contribution in [0.1, 0.15) is 66.7 Å². The highest BCUT2D eigenvalue weighted by Crippen LogP contribution is 2.07. The van der Waals surface area contributed by atoms with Crippen LogP contribution < -0.4 is 81.4 Å². The minimum Gasteiger partial charge on any atom is -0.391 e. The van der Waals surface area contributed by atoms with Gasteiger partial charge in [-0.25, -0.2) is 0 Å². The van der Waals surface area contributed by atoms with E-state index in [9.17, 15) is 83.1 Å². The van der Waals surface area contributed by atoms with Gasteiger partial charge in [-0.3, -0.25) is 57.9 Å². The Labute approximate surface area is 460 Å². The van der Waals surface area contributed by atoms with Crippen LogP contribution in [0.15, 0.2) is 9.98 Å². The summed E-state index contributed by atoms with van der Waals surface area (Å²) in [5.41, 5.74) is 21.2. The number of rotatable bonds is 38. The number of carbonyl (C=O) groups excluding carboxylic acids is 12. The van der Waals surface area contributed by atoms with E-state index in [2.05, 4.69) is 81.1 Å². The molecule has 448 valence electrons. The molecule has 0 radical (unpaired) electrons. The summed E-state index contributed by atoms with van der Waals surface area (Å²) in [6, 6.07) is -14.8. The van der Waals surface area contributed by atoms with Crippen molar-refractivity contribution in [2.75, 3.05) is 39.0 Å². The highest BCUT2D eigenvalue weighted by molar-refractivity contribution is 7.80. The molecule has 0 aliphatic carbocycles. The van der Waals surface area contributed by atoms with Crippen LogP contribution in [-0.2, 0) is 57.5 Å². The third kappa shape index (κ3) is 27.7. The zero-order valence-corrected chi connectivity index (χ0v) is 45.5. The van der Waals surface area contributed by atoms with Gasteiger partial charge >= 0.3 is 0 Å². The molecule has 0 aliphatic rings. The molecule has 35 heteroatoms. The van der Waals surface area contributed by atoms with Crippen molar-refractivity contribution >= 4 is 96.2 Å². The predicted octanol–water partition coefficient (Wildman–Crippen LogP) is -11.6. The molecule has 34 nitrogen and oxygen atoms in total. The van der Waals surface area contributed by atoms with Gasteiger partial charge in [0.15, 0.2) is 11.9 Å². The van der Waals surface area contributed by atoms with Crippen molar-refractivity contribution in [1.29, 1.82) is 0 Å². The van der Waals surface area contributed by atoms with E-state index in [-0.39, 0.29) is 57.2 Å². The fraction of sp³-hybridized carbons (Fsp3) is 0.682. The first-order valence-electron chi connectivity index (χ1n) is 24.6. The number of likely N-dealkylation sites (N-methyl/N-ethyl adjacent to an activating group) is 1. The Morgan fingerprint density at radius 1 is 0.481 bits per heavy atom. The number of thiol groups is 1. The second-order valence-corrected chi connectivity index (χ2v) is 18.2. The molecule has 0 aliphatic heterocycles. The number of carbonyl (C=O) groups is 12. The maximum absolute atomic E-state index is 13.5. The third-order valence-corrected chi connectivity index (χ3v) is 11.4. The van der Waals surface area contributed by atoms with Crippen LogP contribution in [0.25, 0.3) is 0 Å². The number of hydrogen-bond acceptors (Lipinski definition) is 21. The normalized spacial score (nSPS) is 16.3. The van der Waals surface area contributed by atoms with Crippen molar-refractivity contribution in [3.8, 4) is 0 Å². The molecule has 10 amide bonds. The van der Waals surface area contributed by atoms with E-state index in [0.29, 0.717) is 12.6 Å². The highest BCUT2D eigenvalue weighted by atomic mass is 32.1. The van der Waals surface area contributed by atoms with Gasteiger partial charge in [0.05, 0.1) is 62.1 Å². The van der Waals surface area contributed by atoms with Crippen molar-refractivity contribution < 1.29 is 83.1 Å². The largest absolute Gasteiger partial charge is 0.391 e. The SMILES string of the molecule is CN[C@@H](CC(=O)N[C@@H](CS)C(=O)N[C@H](C(=O)N[C@H](C(=O)N[C@H](C(=O)N[C@H](C=O)CCCN=C(N)N)[C@@H](C)O)[C@@H](C)O)[C@@H](C)O)C(=O)N[C@H](C(=O)N[C@H](C(=O)N[C@@H](CCCN=C(N)N)C(=O)NCC(=O)NCC=O)[C@@H](C)O)[C@@H](C)O. The Morgan fingerprint density at radius 2 is 0.861 bits per heavy atom. The standard InChI is InChI=1S/C44H79N17O17S/c1-19(64)30(38(74)54-24(17-63)9-7-11-51-43(45)46)59-42(78)34(23(5)68)61-41(77)33(22(4)67)58-37(73)27(18-79)55-28(69)15-26(49-6)36(72)57-32(21(3)66)40(76)60-31(20(2)65)39(75)56-25(10-8-12-52-44(47)48)35(71)53-16-29(70)50-13-14-62/h14,17,19-27,30-34,49,64-68,79H,7-13,15-16,18H2,1-6H3,(H,50,70)(H,53,71)(H,54,74)(H,55,69)(H,56,75)(H,57,72)(H,58,73)(H,59,78)(H,60,76)(H,61,77)(H4,45,46,51)(H4,47,48,52)/t19-,20-,21-,22-,23-,24+,25+,26+,27+,30+,31+,32+,33+,34+/m1/s1. The number of aliphatic hydroxyl groups is 5. The van der Waals surface area contributed by atoms with Crippen LogP contribution in [0.2, 0.25) is 0 Å². The van der Waals surface area contributed by atoms with E-state index < -0.39 is 163 Å². The van der Waals surface area contributed by atoms with Crippen LogP contribution in [0.4, 0.5) is 0 Å². The summed E-state index contributed by atoms with van der Waals surface area (Å²) >= 11 is 4.08. The molecule has 24 N–H and O–H groups in total. The minimum absolute atomic E-state index is 0.0104. The molecule has 0 spiro atoms. The summed E-state index contributed by atoms with van der Waals surface area (Å²) in [7, 11) is 1.24. The van der Waals surface area contributed by atoms with Crippen LogP contribution in [0.3, 0.4) is 0 Å². The van der Waals surface area contributed by atoms with Crippen molar-refractivity contribution in [3.05, 3.63) is 0 Å². The molecule has 0 aromatic rings. The summed E-state index contributed by atoms with van der Waals surface area (Å²) in [4.78, 5) is 162. The summed E-state index contributed by atoms with van der Waals surface area (Å²) in [6.45, 7) is 4.69. The van der Waals surface area contributed by atoms with E-state index in [1.54, 1.807) is 0 Å². The number of guanidine groups is 2. The first-order chi connectivity index (χ1) is 36.9. The third-order valence-electron chi connectivity index (χ3n) is 11.0. The molecule has 14 atom stereocenters. The smallest absolute Gasteiger partial charge is 0.245 e. The number of nitrogens with one attached hydrogen (secondary N) is 11. The molecule has 0 saturated carbocycles. The van der Waals surface area contributed by atoms with Crippen molar-refractivity contribution in [3.63, 3.8) is 0 Å². The van der Waals surface area contributed by atoms with Gasteiger partial charge in [-0.05, 0) is 67.3 Å². The number of hydrogen-bond donors (Lipinski definition) is 21. The topological polar surface area (TPSA) is 567 Å². The fourth-order valence-corrected chi connectivity index (χ4v) is 6.99. The molecular formula is C44H79N17O17S. The Balaban J connectivity index is 6.04. The number of amides is 10. The molecule has 0 fully saturated rings. The van der Waals surface area contributed by atoms with Crippen LogP contribution in [0.5, 0.6) is 0 Å². The van der Waals surface area contributed by atoms with Gasteiger partial charge in [-0.1, -0.05) is 0 Å². The van der Waals surface area contributed by atoms with Gasteiger partial charge in [-0.15, -0.1) is 0 Å². The van der Waals surface area contributed by atoms with E-state index in [1.165, 1.54) is 7.05 Å². The molecule has 0 heterocycles. The monoisotopic (exact) mass is 1150 g/mol. The molecule has 0 aromatic heterocycles. The lowest BCUT2D eigenvalue weighted by atomic mass is 10.1. The second kappa shape index (κ2) is 37.5. The summed E-state index contributed by atoms with van der Waals surface area (Å²) in [6.07, 6.45) is -7.97. The molecule has 0 unspecified atom stereocenters. The molecule has 0 saturated heterocycles. The van der Waals surface area contributed by atoms with Gasteiger partial charge in [0.1, 0.15) is 54.9 Å². The van der Waals surface area contributed by atoms with Crippen LogP contribution in [-0.4, -0.2) is 233 Å². The first-order valence-corrected chi connectivity index (χ1v) is 25.2. The highest BCUT2D eigenvalue weighted by Gasteiger charge is 2.38. The minimum atomic E-state index is -1.88. The van der Waals surface area contributed by atoms with E-state index >= 15 is 0 Å². The summed E-state index contributed by atoms with van der Waals surface area (Å²) in [5.74, 6) is -11.6. The number of nitrogens with zero attached hydrogens (tertiary/aromatic N) is 2. The van der Waals surface area contributed by atoms with Gasteiger partial charge in [0.2, 0.25) is 59.1 Å². The number of nitrogens with two attached hydrogens (primary N) is 4. The van der Waals surface area contributed by atoms with Crippen molar-refractivity contribution in [2.45, 2.75) is 152 Å². The summed E-state index contributed by atoms with van der Waals surface area (Å²) in [5, 5.41) is 77.5. The number of aldehydes is 2. The van der Waals surface area contributed by atoms with E-state index in [0.717, 1.165) is 34.6 Å². The van der Waals surface area contributed by atoms with Crippen LogP contribution in [0, 0.1) is 0 Å². The average molecular weight is 1150 g/mol. The summed E-state index contributed by atoms with van der Waals surface area (Å²) < 4.78 is 0. The maximum atomic E-state index is 13.5. The molecule has 0 aromatic carbocycles. The van der Waals surface area contributed by atoms with Crippen molar-refractivity contribution in [2.24, 2.45) is 32.9 Å². The Bertz CT molecular complexity index is 2130. The Morgan fingerprint density at radius 3 is 1.23 bits per heavy atom. The van der Waals surface area contributed by atoms with Gasteiger partial charge in [-0.2, -0.15) is 12.6 Å². The molecular weight excluding hydrogens is 1070 g/mol. The Hall–Kier alpha value is -7.31. The fourth-order valence-electron chi connectivity index (χ4n) is 6.73. The number of aliphatic hydroxyl groups excluding tert-OH is 5. The lowest BCUT2D eigenvalue weighted by Gasteiger charge is -2.29. The second-order valence-electron chi connectivity index (χ2n) is 17.9. The Kier molecular flexibility index (Phi) is 34.0. The molecule has 0 rings (SSSR count). The quantitative estimate of drug-likeness (QED) is 0.00897. The van der Waals surface area contributed by atoms with Gasteiger partial charge < -0.3 is 117 Å². The average Bonchev–Trinajstić information content (AvgIpc) is 3.37. The lowest BCUT2D eigenvalue weighted by molar-refractivity contribution is -0.138. The zero-order valence-electron chi connectivity index (χ0n) is 44.6. The van der Waals surface area contributed by atoms with Gasteiger partial charge in [0, 0.05) is 18.8 Å². The van der Waals surface area contributed by atoms with E-state index in [1.807, 2.05) is 0 Å². The maximum Gasteiger partial charge on any atom is 0.245 e. The first kappa shape index (κ1) is 71.7. The predicted molar refractivity (Wildman–Crippen MR) is 283 cm³/mol. The van der Waals surface area contributed by atoms with Crippen molar-refractivity contribution in [1.82, 2.24) is 58.5 Å². The van der Waals surface area contributed by atoms with E-state index in [4.69, 9.17) is 22.9 Å². The zero-order chi connectivity index (χ0) is 60.7. The molecule has 79 heavy (non-hydrogen) atoms. The molecule has 0 bridgehead atoms. The van der Waals surface area contributed by atoms with Gasteiger partial charge in [0.25, 0.3) is 0 Å².